The van der Waals surface area contributed by atoms with Crippen LogP contribution in [0.3, 0.4) is 0 Å². The number of hydrogen-bond acceptors (Lipinski definition) is 5. The van der Waals surface area contributed by atoms with Crippen molar-refractivity contribution in [3.8, 4) is 0 Å². The van der Waals surface area contributed by atoms with Gasteiger partial charge >= 0.3 is 0 Å². The highest BCUT2D eigenvalue weighted by atomic mass is 32.2. The number of carbonyl (C=O) groups is 1. The third-order valence-corrected chi connectivity index (χ3v) is 5.42. The van der Waals surface area contributed by atoms with E-state index < -0.39 is 10.0 Å². The van der Waals surface area contributed by atoms with Gasteiger partial charge in [0, 0.05) is 38.9 Å². The molecule has 7 nitrogen and oxygen atoms in total. The van der Waals surface area contributed by atoms with Crippen molar-refractivity contribution >= 4 is 15.9 Å². The molecule has 0 bridgehead atoms. The summed E-state index contributed by atoms with van der Waals surface area (Å²) in [6.07, 6.45) is 1.78. The van der Waals surface area contributed by atoms with Crippen molar-refractivity contribution in [3.05, 3.63) is 29.8 Å². The highest BCUT2D eigenvalue weighted by Gasteiger charge is 2.20. The molecular weight excluding hydrogens is 330 g/mol. The van der Waals surface area contributed by atoms with E-state index in [-0.39, 0.29) is 23.5 Å². The molecule has 8 heteroatoms. The first kappa shape index (κ1) is 18.9. The Labute approximate surface area is 143 Å². The van der Waals surface area contributed by atoms with Gasteiger partial charge in [-0.1, -0.05) is 0 Å². The molecule has 1 saturated heterocycles. The molecule has 0 aliphatic carbocycles. The summed E-state index contributed by atoms with van der Waals surface area (Å²) in [4.78, 5) is 14.0. The molecule has 24 heavy (non-hydrogen) atoms. The smallest absolute Gasteiger partial charge is 0.253 e. The lowest BCUT2D eigenvalue weighted by molar-refractivity contribution is 0.0796. The summed E-state index contributed by atoms with van der Waals surface area (Å²) in [5.74, 6) is -0.137. The SMILES string of the molecule is CNCCN(C)C(=O)c1ccc(S(=O)(=O)NCC2CCCO2)cc1. The molecule has 134 valence electrons. The lowest BCUT2D eigenvalue weighted by Crippen LogP contribution is -2.33. The number of benzene rings is 1. The van der Waals surface area contributed by atoms with Gasteiger partial charge in [-0.3, -0.25) is 4.79 Å². The van der Waals surface area contributed by atoms with Crippen LogP contribution in [0.4, 0.5) is 0 Å². The predicted octanol–water partition coefficient (Wildman–Crippen LogP) is 0.435. The van der Waals surface area contributed by atoms with E-state index in [1.807, 2.05) is 7.05 Å². The van der Waals surface area contributed by atoms with E-state index in [0.717, 1.165) is 12.8 Å². The van der Waals surface area contributed by atoms with E-state index in [4.69, 9.17) is 4.74 Å². The van der Waals surface area contributed by atoms with Gasteiger partial charge in [0.15, 0.2) is 0 Å². The van der Waals surface area contributed by atoms with E-state index in [1.165, 1.54) is 12.1 Å². The maximum Gasteiger partial charge on any atom is 0.253 e. The molecule has 1 atom stereocenters. The van der Waals surface area contributed by atoms with Gasteiger partial charge in [0.1, 0.15) is 0 Å². The van der Waals surface area contributed by atoms with Crippen molar-refractivity contribution in [3.63, 3.8) is 0 Å². The Bertz CT molecular complexity index is 640. The Morgan fingerprint density at radius 3 is 2.62 bits per heavy atom. The van der Waals surface area contributed by atoms with Crippen molar-refractivity contribution in [2.75, 3.05) is 40.3 Å². The zero-order chi connectivity index (χ0) is 17.6. The molecule has 2 N–H and O–H groups in total. The van der Waals surface area contributed by atoms with Gasteiger partial charge in [-0.2, -0.15) is 0 Å². The number of amides is 1. The molecule has 0 spiro atoms. The minimum Gasteiger partial charge on any atom is -0.377 e. The standard InChI is InChI=1S/C16H25N3O4S/c1-17-9-10-19(2)16(20)13-5-7-15(8-6-13)24(21,22)18-12-14-4-3-11-23-14/h5-8,14,17-18H,3-4,9-12H2,1-2H3. The zero-order valence-corrected chi connectivity index (χ0v) is 14.9. The van der Waals surface area contributed by atoms with Crippen LogP contribution in [0, 0.1) is 0 Å². The Balaban J connectivity index is 1.98. The lowest BCUT2D eigenvalue weighted by atomic mass is 10.2. The fourth-order valence-electron chi connectivity index (χ4n) is 2.47. The topological polar surface area (TPSA) is 87.7 Å². The van der Waals surface area contributed by atoms with Gasteiger partial charge in [0.05, 0.1) is 11.0 Å². The molecule has 2 rings (SSSR count). The Morgan fingerprint density at radius 1 is 1.33 bits per heavy atom. The molecule has 1 aromatic carbocycles. The van der Waals surface area contributed by atoms with Crippen LogP contribution in [0.1, 0.15) is 23.2 Å². The van der Waals surface area contributed by atoms with E-state index in [2.05, 4.69) is 10.0 Å². The van der Waals surface area contributed by atoms with Crippen molar-refractivity contribution < 1.29 is 17.9 Å². The molecule has 1 unspecified atom stereocenters. The third-order valence-electron chi connectivity index (χ3n) is 3.98. The normalized spacial score (nSPS) is 17.8. The number of rotatable bonds is 8. The summed E-state index contributed by atoms with van der Waals surface area (Å²) < 4.78 is 32.5. The van der Waals surface area contributed by atoms with Crippen LogP contribution >= 0.6 is 0 Å². The second kappa shape index (κ2) is 8.57. The number of sulfonamides is 1. The maximum atomic E-state index is 12.3. The quantitative estimate of drug-likeness (QED) is 0.706. The minimum absolute atomic E-state index is 0.0542. The summed E-state index contributed by atoms with van der Waals surface area (Å²) in [7, 11) is -0.0528. The second-order valence-electron chi connectivity index (χ2n) is 5.84. The van der Waals surface area contributed by atoms with Crippen LogP contribution in [0.5, 0.6) is 0 Å². The van der Waals surface area contributed by atoms with Crippen LogP contribution in [-0.4, -0.2) is 65.7 Å². The van der Waals surface area contributed by atoms with Crippen molar-refractivity contribution in [1.82, 2.24) is 14.9 Å². The van der Waals surface area contributed by atoms with E-state index >= 15 is 0 Å². The van der Waals surface area contributed by atoms with Gasteiger partial charge in [-0.15, -0.1) is 0 Å². The highest BCUT2D eigenvalue weighted by molar-refractivity contribution is 7.89. The molecule has 1 aliphatic heterocycles. The number of likely N-dealkylation sites (N-methyl/N-ethyl adjacent to an activating group) is 2. The Kier molecular flexibility index (Phi) is 6.73. The first-order valence-electron chi connectivity index (χ1n) is 8.05. The van der Waals surface area contributed by atoms with Gasteiger partial charge in [-0.05, 0) is 44.2 Å². The molecule has 0 saturated carbocycles. The predicted molar refractivity (Wildman–Crippen MR) is 91.5 cm³/mol. The Hall–Kier alpha value is -1.48. The van der Waals surface area contributed by atoms with Crippen LogP contribution < -0.4 is 10.0 Å². The summed E-state index contributed by atoms with van der Waals surface area (Å²) in [5, 5.41) is 2.98. The Morgan fingerprint density at radius 2 is 2.04 bits per heavy atom. The van der Waals surface area contributed by atoms with Crippen molar-refractivity contribution in [2.24, 2.45) is 0 Å². The van der Waals surface area contributed by atoms with E-state index in [9.17, 15) is 13.2 Å². The number of nitrogens with zero attached hydrogens (tertiary/aromatic N) is 1. The number of nitrogens with one attached hydrogen (secondary N) is 2. The monoisotopic (exact) mass is 355 g/mol. The first-order chi connectivity index (χ1) is 11.4. The summed E-state index contributed by atoms with van der Waals surface area (Å²) >= 11 is 0. The molecule has 0 radical (unpaired) electrons. The van der Waals surface area contributed by atoms with Crippen molar-refractivity contribution in [1.29, 1.82) is 0 Å². The fourth-order valence-corrected chi connectivity index (χ4v) is 3.54. The van der Waals surface area contributed by atoms with Gasteiger partial charge in [-0.25, -0.2) is 13.1 Å². The van der Waals surface area contributed by atoms with E-state index in [1.54, 1.807) is 24.1 Å². The third kappa shape index (κ3) is 5.01. The number of ether oxygens (including phenoxy) is 1. The van der Waals surface area contributed by atoms with Crippen LogP contribution in [0.2, 0.25) is 0 Å². The average molecular weight is 355 g/mol. The minimum atomic E-state index is -3.59. The van der Waals surface area contributed by atoms with Crippen LogP contribution in [-0.2, 0) is 14.8 Å². The van der Waals surface area contributed by atoms with Gasteiger partial charge in [0.25, 0.3) is 5.91 Å². The molecule has 1 aliphatic rings. The molecule has 1 heterocycles. The molecule has 1 amide bonds. The summed E-state index contributed by atoms with van der Waals surface area (Å²) in [6, 6.07) is 5.99. The highest BCUT2D eigenvalue weighted by Crippen LogP contribution is 2.14. The zero-order valence-electron chi connectivity index (χ0n) is 14.1. The van der Waals surface area contributed by atoms with Gasteiger partial charge in [0.2, 0.25) is 10.0 Å². The second-order valence-corrected chi connectivity index (χ2v) is 7.61. The molecule has 1 aromatic rings. The summed E-state index contributed by atoms with van der Waals surface area (Å²) in [5.41, 5.74) is 0.465. The van der Waals surface area contributed by atoms with Crippen LogP contribution in [0.15, 0.2) is 29.2 Å². The number of hydrogen-bond donors (Lipinski definition) is 2. The van der Waals surface area contributed by atoms with Crippen molar-refractivity contribution in [2.45, 2.75) is 23.8 Å². The van der Waals surface area contributed by atoms with Gasteiger partial charge < -0.3 is 15.0 Å². The largest absolute Gasteiger partial charge is 0.377 e. The fraction of sp³-hybridized carbons (Fsp3) is 0.562. The van der Waals surface area contributed by atoms with E-state index in [0.29, 0.717) is 25.3 Å². The molecular formula is C16H25N3O4S. The molecule has 0 aromatic heterocycles. The maximum absolute atomic E-state index is 12.3. The first-order valence-corrected chi connectivity index (χ1v) is 9.54. The van der Waals surface area contributed by atoms with Crippen LogP contribution in [0.25, 0.3) is 0 Å². The summed E-state index contributed by atoms with van der Waals surface area (Å²) in [6.45, 7) is 2.24. The molecule has 1 fully saturated rings. The lowest BCUT2D eigenvalue weighted by Gasteiger charge is -2.17. The average Bonchev–Trinajstić information content (AvgIpc) is 3.11. The number of carbonyl (C=O) groups excluding carboxylic acids is 1.